The molecule has 3 nitrogen and oxygen atoms in total. The Balaban J connectivity index is 1.79. The fourth-order valence-electron chi connectivity index (χ4n) is 2.45. The average molecular weight is 225 g/mol. The normalized spacial score (nSPS) is 22.1. The van der Waals surface area contributed by atoms with Crippen LogP contribution in [0.15, 0.2) is 0 Å². The third-order valence-corrected chi connectivity index (χ3v) is 3.58. The lowest BCUT2D eigenvalue weighted by atomic mass is 9.96. The van der Waals surface area contributed by atoms with E-state index in [1.165, 1.54) is 12.8 Å². The highest BCUT2D eigenvalue weighted by atomic mass is 16.5. The summed E-state index contributed by atoms with van der Waals surface area (Å²) in [4.78, 5) is 14.3. The van der Waals surface area contributed by atoms with Gasteiger partial charge in [-0.1, -0.05) is 6.92 Å². The summed E-state index contributed by atoms with van der Waals surface area (Å²) >= 11 is 0. The molecule has 16 heavy (non-hydrogen) atoms. The van der Waals surface area contributed by atoms with Crippen LogP contribution in [0.3, 0.4) is 0 Å². The number of carbonyl (C=O) groups is 1. The van der Waals surface area contributed by atoms with Crippen LogP contribution in [0.1, 0.15) is 45.4 Å². The standard InChI is InChI=1S/C13H23NO2/c1-2-7-14(12-3-4-12)13(15)10-11-5-8-16-9-6-11/h11-12H,2-10H2,1H3. The number of hydrogen-bond donors (Lipinski definition) is 0. The van der Waals surface area contributed by atoms with Crippen LogP contribution in [0.4, 0.5) is 0 Å². The Kier molecular flexibility index (Phi) is 4.22. The van der Waals surface area contributed by atoms with Gasteiger partial charge in [-0.3, -0.25) is 4.79 Å². The maximum absolute atomic E-state index is 12.2. The Hall–Kier alpha value is -0.570. The van der Waals surface area contributed by atoms with Gasteiger partial charge in [-0.2, -0.15) is 0 Å². The number of ether oxygens (including phenoxy) is 1. The van der Waals surface area contributed by atoms with Crippen molar-refractivity contribution in [3.8, 4) is 0 Å². The van der Waals surface area contributed by atoms with Gasteiger partial charge in [0.2, 0.25) is 5.91 Å². The largest absolute Gasteiger partial charge is 0.381 e. The van der Waals surface area contributed by atoms with Gasteiger partial charge in [0.05, 0.1) is 0 Å². The minimum Gasteiger partial charge on any atom is -0.381 e. The zero-order valence-electron chi connectivity index (χ0n) is 10.3. The van der Waals surface area contributed by atoms with Crippen LogP contribution in [0.2, 0.25) is 0 Å². The monoisotopic (exact) mass is 225 g/mol. The van der Waals surface area contributed by atoms with E-state index >= 15 is 0 Å². The lowest BCUT2D eigenvalue weighted by Crippen LogP contribution is -2.35. The first-order chi connectivity index (χ1) is 7.81. The first-order valence-electron chi connectivity index (χ1n) is 6.68. The second kappa shape index (κ2) is 5.67. The molecule has 0 radical (unpaired) electrons. The summed E-state index contributed by atoms with van der Waals surface area (Å²) in [5.41, 5.74) is 0. The van der Waals surface area contributed by atoms with E-state index in [0.717, 1.165) is 45.4 Å². The van der Waals surface area contributed by atoms with E-state index in [1.54, 1.807) is 0 Å². The van der Waals surface area contributed by atoms with Crippen LogP contribution in [-0.2, 0) is 9.53 Å². The molecule has 92 valence electrons. The van der Waals surface area contributed by atoms with Crippen LogP contribution in [0.25, 0.3) is 0 Å². The van der Waals surface area contributed by atoms with E-state index in [9.17, 15) is 4.79 Å². The third-order valence-electron chi connectivity index (χ3n) is 3.58. The smallest absolute Gasteiger partial charge is 0.223 e. The zero-order valence-corrected chi connectivity index (χ0v) is 10.3. The minimum absolute atomic E-state index is 0.385. The van der Waals surface area contributed by atoms with Gasteiger partial charge in [-0.15, -0.1) is 0 Å². The second-order valence-corrected chi connectivity index (χ2v) is 5.08. The Morgan fingerprint density at radius 3 is 2.50 bits per heavy atom. The van der Waals surface area contributed by atoms with E-state index in [0.29, 0.717) is 17.9 Å². The predicted octanol–water partition coefficient (Wildman–Crippen LogP) is 2.20. The van der Waals surface area contributed by atoms with Crippen molar-refractivity contribution in [3.63, 3.8) is 0 Å². The van der Waals surface area contributed by atoms with Crippen molar-refractivity contribution >= 4 is 5.91 Å². The van der Waals surface area contributed by atoms with Gasteiger partial charge in [0.25, 0.3) is 0 Å². The average Bonchev–Trinajstić information content (AvgIpc) is 3.11. The van der Waals surface area contributed by atoms with Gasteiger partial charge in [0, 0.05) is 32.2 Å². The summed E-state index contributed by atoms with van der Waals surface area (Å²) in [7, 11) is 0. The molecule has 0 bridgehead atoms. The maximum atomic E-state index is 12.2. The van der Waals surface area contributed by atoms with Crippen molar-refractivity contribution in [2.45, 2.75) is 51.5 Å². The lowest BCUT2D eigenvalue weighted by Gasteiger charge is -2.26. The summed E-state index contributed by atoms with van der Waals surface area (Å²) in [6.45, 7) is 4.79. The van der Waals surface area contributed by atoms with Gasteiger partial charge < -0.3 is 9.64 Å². The van der Waals surface area contributed by atoms with Gasteiger partial charge in [0.1, 0.15) is 0 Å². The van der Waals surface area contributed by atoms with Gasteiger partial charge >= 0.3 is 0 Å². The summed E-state index contributed by atoms with van der Waals surface area (Å²) in [5, 5.41) is 0. The quantitative estimate of drug-likeness (QED) is 0.718. The number of hydrogen-bond acceptors (Lipinski definition) is 2. The fourth-order valence-corrected chi connectivity index (χ4v) is 2.45. The molecule has 1 saturated heterocycles. The number of amides is 1. The molecule has 0 N–H and O–H groups in total. The van der Waals surface area contributed by atoms with Crippen molar-refractivity contribution in [1.29, 1.82) is 0 Å². The molecule has 0 aromatic rings. The van der Waals surface area contributed by atoms with E-state index < -0.39 is 0 Å². The molecule has 0 spiro atoms. The lowest BCUT2D eigenvalue weighted by molar-refractivity contribution is -0.133. The molecule has 0 atom stereocenters. The molecule has 1 amide bonds. The number of carbonyl (C=O) groups excluding carboxylic acids is 1. The summed E-state index contributed by atoms with van der Waals surface area (Å²) in [6.07, 6.45) is 6.40. The van der Waals surface area contributed by atoms with E-state index in [2.05, 4.69) is 11.8 Å². The Morgan fingerprint density at radius 1 is 1.25 bits per heavy atom. The first-order valence-corrected chi connectivity index (χ1v) is 6.68. The molecule has 2 fully saturated rings. The molecule has 0 aromatic heterocycles. The van der Waals surface area contributed by atoms with E-state index in [-0.39, 0.29) is 0 Å². The molecule has 0 aromatic carbocycles. The molecule has 2 rings (SSSR count). The number of rotatable bonds is 5. The SMILES string of the molecule is CCCN(C(=O)CC1CCOCC1)C1CC1. The van der Waals surface area contributed by atoms with Gasteiger partial charge in [0.15, 0.2) is 0 Å². The molecular weight excluding hydrogens is 202 g/mol. The highest BCUT2D eigenvalue weighted by Gasteiger charge is 2.32. The summed E-state index contributed by atoms with van der Waals surface area (Å²) in [5.74, 6) is 0.954. The fraction of sp³-hybridized carbons (Fsp3) is 0.923. The molecule has 1 saturated carbocycles. The van der Waals surface area contributed by atoms with Crippen molar-refractivity contribution < 1.29 is 9.53 Å². The third kappa shape index (κ3) is 3.21. The van der Waals surface area contributed by atoms with Gasteiger partial charge in [-0.25, -0.2) is 0 Å². The molecule has 2 aliphatic rings. The summed E-state index contributed by atoms with van der Waals surface area (Å²) in [6, 6.07) is 0.576. The van der Waals surface area contributed by atoms with Crippen LogP contribution < -0.4 is 0 Å². The highest BCUT2D eigenvalue weighted by Crippen LogP contribution is 2.29. The Bertz CT molecular complexity index is 232. The van der Waals surface area contributed by atoms with Crippen LogP contribution in [0, 0.1) is 5.92 Å². The summed E-state index contributed by atoms with van der Waals surface area (Å²) < 4.78 is 5.32. The van der Waals surface area contributed by atoms with Crippen molar-refractivity contribution in [1.82, 2.24) is 4.90 Å². The van der Waals surface area contributed by atoms with Crippen LogP contribution >= 0.6 is 0 Å². The molecule has 3 heteroatoms. The van der Waals surface area contributed by atoms with E-state index in [4.69, 9.17) is 4.74 Å². The molecule has 1 aliphatic carbocycles. The Labute approximate surface area is 98.1 Å². The van der Waals surface area contributed by atoms with Gasteiger partial charge in [-0.05, 0) is 38.0 Å². The molecule has 1 heterocycles. The van der Waals surface area contributed by atoms with Crippen molar-refractivity contribution in [2.75, 3.05) is 19.8 Å². The first kappa shape index (κ1) is 11.9. The zero-order chi connectivity index (χ0) is 11.4. The van der Waals surface area contributed by atoms with Crippen molar-refractivity contribution in [2.24, 2.45) is 5.92 Å². The molecule has 0 unspecified atom stereocenters. The highest BCUT2D eigenvalue weighted by molar-refractivity contribution is 5.77. The van der Waals surface area contributed by atoms with Crippen LogP contribution in [-0.4, -0.2) is 36.6 Å². The maximum Gasteiger partial charge on any atom is 0.223 e. The molecule has 1 aliphatic heterocycles. The number of nitrogens with zero attached hydrogens (tertiary/aromatic N) is 1. The molecular formula is C13H23NO2. The predicted molar refractivity (Wildman–Crippen MR) is 63.2 cm³/mol. The topological polar surface area (TPSA) is 29.5 Å². The van der Waals surface area contributed by atoms with Crippen LogP contribution in [0.5, 0.6) is 0 Å². The van der Waals surface area contributed by atoms with Crippen molar-refractivity contribution in [3.05, 3.63) is 0 Å². The second-order valence-electron chi connectivity index (χ2n) is 5.08. The van der Waals surface area contributed by atoms with E-state index in [1.807, 2.05) is 0 Å². The Morgan fingerprint density at radius 2 is 1.94 bits per heavy atom. The minimum atomic E-state index is 0.385.